The molecule has 0 aliphatic heterocycles. The fourth-order valence-electron chi connectivity index (χ4n) is 4.28. The Morgan fingerprint density at radius 1 is 0.806 bits per heavy atom. The van der Waals surface area contributed by atoms with Crippen molar-refractivity contribution in [3.8, 4) is 11.5 Å². The summed E-state index contributed by atoms with van der Waals surface area (Å²) in [5.74, 6) is 0.907. The number of nitrogens with zero attached hydrogens (tertiary/aromatic N) is 1. The van der Waals surface area contributed by atoms with Crippen molar-refractivity contribution in [2.45, 2.75) is 40.2 Å². The van der Waals surface area contributed by atoms with Crippen LogP contribution in [0.1, 0.15) is 50.8 Å². The summed E-state index contributed by atoms with van der Waals surface area (Å²) >= 11 is 0. The highest BCUT2D eigenvalue weighted by atomic mass is 16.5. The topological polar surface area (TPSA) is 59.0 Å². The van der Waals surface area contributed by atoms with Crippen molar-refractivity contribution in [2.75, 3.05) is 26.2 Å². The van der Waals surface area contributed by atoms with Crippen LogP contribution in [0, 0.1) is 0 Å². The van der Waals surface area contributed by atoms with Gasteiger partial charge in [0.25, 0.3) is 0 Å². The lowest BCUT2D eigenvalue weighted by Gasteiger charge is -2.22. The molecule has 0 aliphatic carbocycles. The molecule has 1 atom stereocenters. The number of carbonyl (C=O) groups is 1. The number of likely N-dealkylation sites (N-methyl/N-ethyl adjacent to an activating group) is 1. The van der Waals surface area contributed by atoms with E-state index in [2.05, 4.69) is 49.9 Å². The van der Waals surface area contributed by atoms with Gasteiger partial charge in [-0.1, -0.05) is 75.4 Å². The lowest BCUT2D eigenvalue weighted by atomic mass is 9.88. The molecular formula is C31H37NO4. The van der Waals surface area contributed by atoms with Crippen LogP contribution in [0.15, 0.2) is 78.9 Å². The summed E-state index contributed by atoms with van der Waals surface area (Å²) in [5, 5.41) is 10.3. The number of aliphatic hydroxyl groups is 1. The molecule has 0 aromatic heterocycles. The van der Waals surface area contributed by atoms with Crippen molar-refractivity contribution in [1.82, 2.24) is 4.90 Å². The van der Waals surface area contributed by atoms with Gasteiger partial charge in [-0.05, 0) is 71.6 Å². The summed E-state index contributed by atoms with van der Waals surface area (Å²) < 4.78 is 11.1. The Hall–Kier alpha value is -3.41. The Morgan fingerprint density at radius 3 is 1.86 bits per heavy atom. The largest absolute Gasteiger partial charge is 0.491 e. The lowest BCUT2D eigenvalue weighted by Crippen LogP contribution is -2.35. The van der Waals surface area contributed by atoms with Gasteiger partial charge in [0.05, 0.1) is 0 Å². The maximum atomic E-state index is 11.3. The fraction of sp³-hybridized carbons (Fsp3) is 0.323. The van der Waals surface area contributed by atoms with Crippen molar-refractivity contribution in [1.29, 1.82) is 0 Å². The minimum Gasteiger partial charge on any atom is -0.491 e. The summed E-state index contributed by atoms with van der Waals surface area (Å²) in [6, 6.07) is 26.0. The van der Waals surface area contributed by atoms with Gasteiger partial charge in [-0.3, -0.25) is 4.79 Å². The van der Waals surface area contributed by atoms with Crippen LogP contribution >= 0.6 is 0 Å². The molecule has 3 aromatic carbocycles. The van der Waals surface area contributed by atoms with Crippen LogP contribution in [-0.2, 0) is 4.79 Å². The molecule has 36 heavy (non-hydrogen) atoms. The Labute approximate surface area is 215 Å². The van der Waals surface area contributed by atoms with E-state index in [9.17, 15) is 9.90 Å². The van der Waals surface area contributed by atoms with E-state index in [0.29, 0.717) is 12.3 Å². The summed E-state index contributed by atoms with van der Waals surface area (Å²) in [7, 11) is 0. The van der Waals surface area contributed by atoms with Gasteiger partial charge in [0.15, 0.2) is 0 Å². The minimum atomic E-state index is -0.541. The zero-order chi connectivity index (χ0) is 25.9. The number of hydrogen-bond donors (Lipinski definition) is 1. The number of aliphatic hydroxyl groups excluding tert-OH is 1. The zero-order valence-electron chi connectivity index (χ0n) is 21.7. The summed E-state index contributed by atoms with van der Waals surface area (Å²) in [5.41, 5.74) is 5.60. The molecule has 0 aliphatic rings. The maximum Gasteiger partial charge on any atom is 0.308 e. The first kappa shape index (κ1) is 27.2. The highest BCUT2D eigenvalue weighted by Crippen LogP contribution is 2.35. The molecule has 3 aromatic rings. The molecule has 1 N–H and O–H groups in total. The van der Waals surface area contributed by atoms with Gasteiger partial charge < -0.3 is 19.5 Å². The molecule has 0 saturated heterocycles. The number of esters is 1. The molecule has 3 rings (SSSR count). The molecule has 0 saturated carbocycles. The molecule has 0 radical (unpaired) electrons. The third-order valence-electron chi connectivity index (χ3n) is 6.13. The summed E-state index contributed by atoms with van der Waals surface area (Å²) in [6.45, 7) is 10.4. The SMILES string of the molecule is CC/C(=C(/c1ccc(OCC(O)CN(CC)CC)cc1)c1ccc(OC(C)=O)cc1)c1ccccc1. The van der Waals surface area contributed by atoms with Crippen LogP contribution in [0.4, 0.5) is 0 Å². The quantitative estimate of drug-likeness (QED) is 0.191. The van der Waals surface area contributed by atoms with E-state index in [4.69, 9.17) is 9.47 Å². The van der Waals surface area contributed by atoms with Crippen LogP contribution in [0.25, 0.3) is 11.1 Å². The Bertz CT molecular complexity index is 1120. The number of hydrogen-bond acceptors (Lipinski definition) is 5. The molecule has 0 fully saturated rings. The van der Waals surface area contributed by atoms with E-state index in [1.54, 1.807) is 0 Å². The zero-order valence-corrected chi connectivity index (χ0v) is 21.7. The van der Waals surface area contributed by atoms with Crippen LogP contribution in [0.5, 0.6) is 11.5 Å². The van der Waals surface area contributed by atoms with E-state index in [0.717, 1.165) is 42.0 Å². The van der Waals surface area contributed by atoms with Gasteiger partial charge >= 0.3 is 5.97 Å². The smallest absolute Gasteiger partial charge is 0.308 e. The average Bonchev–Trinajstić information content (AvgIpc) is 2.90. The summed E-state index contributed by atoms with van der Waals surface area (Å²) in [4.78, 5) is 13.5. The Morgan fingerprint density at radius 2 is 1.36 bits per heavy atom. The maximum absolute atomic E-state index is 11.3. The molecule has 1 unspecified atom stereocenters. The molecule has 0 heterocycles. The van der Waals surface area contributed by atoms with Gasteiger partial charge in [0, 0.05) is 13.5 Å². The molecule has 0 amide bonds. The number of carbonyl (C=O) groups excluding carboxylic acids is 1. The first-order chi connectivity index (χ1) is 17.4. The highest BCUT2D eigenvalue weighted by Gasteiger charge is 2.15. The van der Waals surface area contributed by atoms with Crippen molar-refractivity contribution < 1.29 is 19.4 Å². The van der Waals surface area contributed by atoms with Crippen LogP contribution in [0.2, 0.25) is 0 Å². The molecule has 0 bridgehead atoms. The third-order valence-corrected chi connectivity index (χ3v) is 6.13. The van der Waals surface area contributed by atoms with Crippen LogP contribution in [-0.4, -0.2) is 48.3 Å². The molecule has 5 nitrogen and oxygen atoms in total. The fourth-order valence-corrected chi connectivity index (χ4v) is 4.28. The predicted molar refractivity (Wildman–Crippen MR) is 146 cm³/mol. The van der Waals surface area contributed by atoms with E-state index < -0.39 is 6.10 Å². The van der Waals surface area contributed by atoms with Crippen molar-refractivity contribution in [3.05, 3.63) is 95.6 Å². The van der Waals surface area contributed by atoms with Crippen molar-refractivity contribution in [3.63, 3.8) is 0 Å². The number of allylic oxidation sites excluding steroid dienone is 1. The predicted octanol–water partition coefficient (Wildman–Crippen LogP) is 6.06. The lowest BCUT2D eigenvalue weighted by molar-refractivity contribution is -0.131. The Balaban J connectivity index is 1.90. The monoisotopic (exact) mass is 487 g/mol. The van der Waals surface area contributed by atoms with E-state index in [1.165, 1.54) is 18.1 Å². The van der Waals surface area contributed by atoms with E-state index >= 15 is 0 Å². The van der Waals surface area contributed by atoms with E-state index in [1.807, 2.05) is 54.6 Å². The standard InChI is InChI=1S/C31H37NO4/c1-5-30(24-11-9-8-10-12-24)31(26-15-19-29(20-16-26)36-23(4)33)25-13-17-28(18-14-25)35-22-27(34)21-32(6-2)7-3/h8-20,27,34H,5-7,21-22H2,1-4H3/b31-30+. The minimum absolute atomic E-state index is 0.250. The normalized spacial score (nSPS) is 12.7. The van der Waals surface area contributed by atoms with Gasteiger partial charge in [-0.15, -0.1) is 0 Å². The molecule has 190 valence electrons. The average molecular weight is 488 g/mol. The second kappa shape index (κ2) is 13.6. The third kappa shape index (κ3) is 7.54. The van der Waals surface area contributed by atoms with E-state index in [-0.39, 0.29) is 12.6 Å². The first-order valence-electron chi connectivity index (χ1n) is 12.7. The second-order valence-electron chi connectivity index (χ2n) is 8.67. The van der Waals surface area contributed by atoms with Crippen molar-refractivity contribution in [2.24, 2.45) is 0 Å². The van der Waals surface area contributed by atoms with Gasteiger partial charge in [-0.25, -0.2) is 0 Å². The number of ether oxygens (including phenoxy) is 2. The first-order valence-corrected chi connectivity index (χ1v) is 12.7. The van der Waals surface area contributed by atoms with Crippen LogP contribution < -0.4 is 9.47 Å². The number of rotatable bonds is 12. The van der Waals surface area contributed by atoms with Gasteiger partial charge in [-0.2, -0.15) is 0 Å². The number of benzene rings is 3. The second-order valence-corrected chi connectivity index (χ2v) is 8.67. The summed E-state index contributed by atoms with van der Waals surface area (Å²) in [6.07, 6.45) is 0.307. The molecule has 5 heteroatoms. The van der Waals surface area contributed by atoms with Crippen LogP contribution in [0.3, 0.4) is 0 Å². The highest BCUT2D eigenvalue weighted by molar-refractivity contribution is 5.98. The van der Waals surface area contributed by atoms with Gasteiger partial charge in [0.1, 0.15) is 24.2 Å². The molecular weight excluding hydrogens is 450 g/mol. The van der Waals surface area contributed by atoms with Crippen molar-refractivity contribution >= 4 is 17.1 Å². The Kier molecular flexibility index (Phi) is 10.3. The molecule has 0 spiro atoms. The van der Waals surface area contributed by atoms with Gasteiger partial charge in [0.2, 0.25) is 0 Å².